The lowest BCUT2D eigenvalue weighted by molar-refractivity contribution is -0.127. The molecule has 20 heavy (non-hydrogen) atoms. The van der Waals surface area contributed by atoms with Crippen molar-refractivity contribution in [1.29, 1.82) is 0 Å². The number of hydrogen-bond acceptors (Lipinski definition) is 4. The lowest BCUT2D eigenvalue weighted by Crippen LogP contribution is -2.35. The molecule has 0 aliphatic carbocycles. The Morgan fingerprint density at radius 3 is 2.70 bits per heavy atom. The zero-order valence-corrected chi connectivity index (χ0v) is 12.6. The minimum atomic E-state index is -0.496. The molecule has 8 heteroatoms. The van der Waals surface area contributed by atoms with Crippen LogP contribution in [0.3, 0.4) is 0 Å². The van der Waals surface area contributed by atoms with Crippen LogP contribution in [0.5, 0.6) is 0 Å². The molecule has 0 bridgehead atoms. The molecule has 0 saturated carbocycles. The number of hydrogen-bond donors (Lipinski definition) is 2. The van der Waals surface area contributed by atoms with Crippen LogP contribution < -0.4 is 10.6 Å². The lowest BCUT2D eigenvalue weighted by Gasteiger charge is -2.11. The van der Waals surface area contributed by atoms with Gasteiger partial charge in [0.25, 0.3) is 5.91 Å². The van der Waals surface area contributed by atoms with Crippen LogP contribution in [0, 0.1) is 0 Å². The van der Waals surface area contributed by atoms with E-state index in [1.54, 1.807) is 12.1 Å². The summed E-state index contributed by atoms with van der Waals surface area (Å²) in [7, 11) is 0. The summed E-state index contributed by atoms with van der Waals surface area (Å²) in [5.41, 5.74) is 0.671. The number of thioether (sulfide) groups is 1. The molecule has 6 nitrogen and oxygen atoms in total. The van der Waals surface area contributed by atoms with E-state index < -0.39 is 11.8 Å². The topological polar surface area (TPSA) is 87.6 Å². The van der Waals surface area contributed by atoms with E-state index in [0.29, 0.717) is 5.69 Å². The maximum atomic E-state index is 11.7. The summed E-state index contributed by atoms with van der Waals surface area (Å²) in [5.74, 6) is -1.08. The Hall–Kier alpha value is -1.67. The number of rotatable bonds is 3. The van der Waals surface area contributed by atoms with Gasteiger partial charge in [-0.15, -0.1) is 0 Å². The fourth-order valence-electron chi connectivity index (χ4n) is 1.41. The Kier molecular flexibility index (Phi) is 4.91. The molecule has 1 aliphatic heterocycles. The van der Waals surface area contributed by atoms with Gasteiger partial charge < -0.3 is 10.6 Å². The summed E-state index contributed by atoms with van der Waals surface area (Å²) in [5, 5.41) is 5.30. The Morgan fingerprint density at radius 2 is 2.05 bits per heavy atom. The van der Waals surface area contributed by atoms with Crippen LogP contribution in [0.4, 0.5) is 5.69 Å². The minimum absolute atomic E-state index is 0.0580. The number of nitrogens with one attached hydrogen (secondary N) is 2. The second kappa shape index (κ2) is 6.67. The van der Waals surface area contributed by atoms with Crippen molar-refractivity contribution in [1.82, 2.24) is 5.32 Å². The van der Waals surface area contributed by atoms with Gasteiger partial charge >= 0.3 is 0 Å². The molecule has 0 atom stereocenters. The van der Waals surface area contributed by atoms with Crippen LogP contribution in [-0.4, -0.2) is 28.6 Å². The highest BCUT2D eigenvalue weighted by atomic mass is 79.9. The number of benzene rings is 1. The van der Waals surface area contributed by atoms with Gasteiger partial charge in [0.1, 0.15) is 6.42 Å². The van der Waals surface area contributed by atoms with Gasteiger partial charge in [-0.25, -0.2) is 0 Å². The van der Waals surface area contributed by atoms with Crippen LogP contribution in [0.25, 0.3) is 0 Å². The van der Waals surface area contributed by atoms with Gasteiger partial charge in [0, 0.05) is 10.2 Å². The average Bonchev–Trinajstić information content (AvgIpc) is 2.38. The van der Waals surface area contributed by atoms with E-state index in [-0.39, 0.29) is 23.2 Å². The second-order valence-electron chi connectivity index (χ2n) is 3.88. The summed E-state index contributed by atoms with van der Waals surface area (Å²) in [6.07, 6.45) is -0.241. The van der Waals surface area contributed by atoms with Crippen molar-refractivity contribution >= 4 is 56.3 Å². The summed E-state index contributed by atoms with van der Waals surface area (Å²) in [6.45, 7) is 0. The summed E-state index contributed by atoms with van der Waals surface area (Å²) >= 11 is 4.31. The Balaban J connectivity index is 1.85. The molecular weight excluding hydrogens is 346 g/mol. The van der Waals surface area contributed by atoms with E-state index >= 15 is 0 Å². The highest BCUT2D eigenvalue weighted by Gasteiger charge is 2.19. The SMILES string of the molecule is O=C1CC(=O)NC(SCC(=O)Nc2ccc(Br)cc2)=N1. The maximum absolute atomic E-state index is 11.7. The first kappa shape index (κ1) is 14.7. The first-order valence-electron chi connectivity index (χ1n) is 5.62. The first-order valence-corrected chi connectivity index (χ1v) is 7.40. The molecule has 3 amide bonds. The van der Waals surface area contributed by atoms with Crippen molar-refractivity contribution in [2.45, 2.75) is 6.42 Å². The van der Waals surface area contributed by atoms with Gasteiger partial charge in [-0.05, 0) is 24.3 Å². The Bertz CT molecular complexity index is 586. The van der Waals surface area contributed by atoms with Gasteiger partial charge in [0.15, 0.2) is 5.17 Å². The predicted molar refractivity (Wildman–Crippen MR) is 80.4 cm³/mol. The smallest absolute Gasteiger partial charge is 0.257 e. The van der Waals surface area contributed by atoms with E-state index in [4.69, 9.17) is 0 Å². The van der Waals surface area contributed by atoms with Crippen molar-refractivity contribution in [3.05, 3.63) is 28.7 Å². The fraction of sp³-hybridized carbons (Fsp3) is 0.167. The fourth-order valence-corrected chi connectivity index (χ4v) is 2.37. The number of anilines is 1. The van der Waals surface area contributed by atoms with Crippen LogP contribution in [0.1, 0.15) is 6.42 Å². The van der Waals surface area contributed by atoms with E-state index in [1.165, 1.54) is 0 Å². The average molecular weight is 356 g/mol. The quantitative estimate of drug-likeness (QED) is 0.804. The van der Waals surface area contributed by atoms with Crippen molar-refractivity contribution < 1.29 is 14.4 Å². The van der Waals surface area contributed by atoms with E-state index in [9.17, 15) is 14.4 Å². The first-order chi connectivity index (χ1) is 9.52. The van der Waals surface area contributed by atoms with E-state index in [2.05, 4.69) is 31.6 Å². The van der Waals surface area contributed by atoms with Crippen LogP contribution in [0.2, 0.25) is 0 Å². The van der Waals surface area contributed by atoms with Crippen molar-refractivity contribution in [2.75, 3.05) is 11.1 Å². The normalized spacial score (nSPS) is 14.6. The molecule has 1 heterocycles. The monoisotopic (exact) mass is 355 g/mol. The lowest BCUT2D eigenvalue weighted by atomic mass is 10.3. The number of nitrogens with zero attached hydrogens (tertiary/aromatic N) is 1. The third-order valence-electron chi connectivity index (χ3n) is 2.25. The summed E-state index contributed by atoms with van der Waals surface area (Å²) in [4.78, 5) is 37.6. The molecule has 0 aromatic heterocycles. The Labute approximate surface area is 127 Å². The van der Waals surface area contributed by atoms with Crippen molar-refractivity contribution in [3.8, 4) is 0 Å². The van der Waals surface area contributed by atoms with Gasteiger partial charge in [-0.3, -0.25) is 14.4 Å². The molecule has 1 aliphatic rings. The van der Waals surface area contributed by atoms with Crippen LogP contribution >= 0.6 is 27.7 Å². The molecule has 1 aromatic rings. The minimum Gasteiger partial charge on any atom is -0.325 e. The summed E-state index contributed by atoms with van der Waals surface area (Å²) < 4.78 is 0.919. The third kappa shape index (κ3) is 4.46. The largest absolute Gasteiger partial charge is 0.325 e. The zero-order chi connectivity index (χ0) is 14.5. The molecule has 1 aromatic carbocycles. The third-order valence-corrected chi connectivity index (χ3v) is 3.65. The highest BCUT2D eigenvalue weighted by Crippen LogP contribution is 2.15. The summed E-state index contributed by atoms with van der Waals surface area (Å²) in [6, 6.07) is 7.14. The van der Waals surface area contributed by atoms with Gasteiger partial charge in [0.2, 0.25) is 11.8 Å². The number of amides is 3. The number of amidine groups is 1. The van der Waals surface area contributed by atoms with Gasteiger partial charge in [0.05, 0.1) is 5.75 Å². The van der Waals surface area contributed by atoms with Crippen molar-refractivity contribution in [3.63, 3.8) is 0 Å². The molecular formula is C12H10BrN3O3S. The zero-order valence-electron chi connectivity index (χ0n) is 10.2. The molecule has 0 unspecified atom stereocenters. The molecule has 0 radical (unpaired) electrons. The van der Waals surface area contributed by atoms with Crippen LogP contribution in [0.15, 0.2) is 33.7 Å². The molecule has 2 N–H and O–H groups in total. The molecule has 0 fully saturated rings. The molecule has 2 rings (SSSR count). The predicted octanol–water partition coefficient (Wildman–Crippen LogP) is 1.52. The standard InChI is InChI=1S/C12H10BrN3O3S/c13-7-1-3-8(4-2-7)14-11(19)6-20-12-15-9(17)5-10(18)16-12/h1-4H,5-6H2,(H,14,19)(H,15,16,17,18). The number of carbonyl (C=O) groups is 3. The van der Waals surface area contributed by atoms with E-state index in [0.717, 1.165) is 16.2 Å². The second-order valence-corrected chi connectivity index (χ2v) is 5.76. The molecule has 104 valence electrons. The number of aliphatic imine (C=N–C) groups is 1. The van der Waals surface area contributed by atoms with Crippen molar-refractivity contribution in [2.24, 2.45) is 4.99 Å². The van der Waals surface area contributed by atoms with Gasteiger partial charge in [-0.2, -0.15) is 4.99 Å². The van der Waals surface area contributed by atoms with Gasteiger partial charge in [-0.1, -0.05) is 27.7 Å². The Morgan fingerprint density at radius 1 is 1.35 bits per heavy atom. The molecule has 0 saturated heterocycles. The number of halogens is 1. The highest BCUT2D eigenvalue weighted by molar-refractivity contribution is 9.10. The maximum Gasteiger partial charge on any atom is 0.257 e. The number of carbonyl (C=O) groups excluding carboxylic acids is 3. The van der Waals surface area contributed by atoms with E-state index in [1.807, 2.05) is 12.1 Å². The molecule has 0 spiro atoms. The van der Waals surface area contributed by atoms with Crippen LogP contribution in [-0.2, 0) is 14.4 Å².